The van der Waals surface area contributed by atoms with Gasteiger partial charge in [-0.1, -0.05) is 54.6 Å². The van der Waals surface area contributed by atoms with Crippen LogP contribution in [0.2, 0.25) is 0 Å². The molecule has 0 amide bonds. The number of piperidine rings is 1. The molecular weight excluding hydrogens is 418 g/mol. The molecule has 1 atom stereocenters. The lowest BCUT2D eigenvalue weighted by molar-refractivity contribution is 0.0557. The second-order valence-corrected chi connectivity index (χ2v) is 8.71. The zero-order chi connectivity index (χ0) is 22.8. The molecule has 1 fully saturated rings. The monoisotopic (exact) mass is 445 g/mol. The van der Waals surface area contributed by atoms with E-state index in [9.17, 15) is 15.0 Å². The van der Waals surface area contributed by atoms with Crippen LogP contribution in [0.5, 0.6) is 5.75 Å². The van der Waals surface area contributed by atoms with Crippen molar-refractivity contribution in [2.24, 2.45) is 0 Å². The van der Waals surface area contributed by atoms with E-state index in [4.69, 9.17) is 9.15 Å². The number of fused-ring (bicyclic) bond motifs is 2. The van der Waals surface area contributed by atoms with Crippen LogP contribution in [-0.4, -0.2) is 53.4 Å². The Kier molecular flexibility index (Phi) is 6.03. The molecule has 170 valence electrons. The van der Waals surface area contributed by atoms with Gasteiger partial charge in [-0.3, -0.25) is 0 Å². The normalized spacial score (nSPS) is 16.3. The number of hydrogen-bond donors (Lipinski definition) is 2. The highest BCUT2D eigenvalue weighted by atomic mass is 16.5. The van der Waals surface area contributed by atoms with E-state index in [0.717, 1.165) is 25.9 Å². The number of furan rings is 1. The van der Waals surface area contributed by atoms with Crippen molar-refractivity contribution >= 4 is 27.7 Å². The highest BCUT2D eigenvalue weighted by Crippen LogP contribution is 2.33. The van der Waals surface area contributed by atoms with Gasteiger partial charge in [0.25, 0.3) is 5.76 Å². The number of para-hydroxylation sites is 1. The highest BCUT2D eigenvalue weighted by Gasteiger charge is 2.25. The molecule has 0 saturated carbocycles. The average molecular weight is 446 g/mol. The minimum atomic E-state index is -1.19. The van der Waals surface area contributed by atoms with Crippen LogP contribution >= 0.6 is 0 Å². The number of benzene rings is 3. The van der Waals surface area contributed by atoms with Crippen molar-refractivity contribution in [3.05, 3.63) is 78.1 Å². The Morgan fingerprint density at radius 1 is 1.03 bits per heavy atom. The number of aromatic carboxylic acids is 1. The summed E-state index contributed by atoms with van der Waals surface area (Å²) in [6.07, 6.45) is 1.36. The van der Waals surface area contributed by atoms with E-state index in [1.54, 1.807) is 24.3 Å². The molecular formula is C27H27NO5. The summed E-state index contributed by atoms with van der Waals surface area (Å²) in [6.45, 7) is 2.31. The van der Waals surface area contributed by atoms with Crippen LogP contribution in [0.15, 0.2) is 71.1 Å². The smallest absolute Gasteiger partial charge is 0.375 e. The molecule has 5 rings (SSSR count). The third kappa shape index (κ3) is 4.58. The summed E-state index contributed by atoms with van der Waals surface area (Å²) in [5, 5.41) is 23.1. The third-order valence-corrected chi connectivity index (χ3v) is 6.47. The highest BCUT2D eigenvalue weighted by molar-refractivity contribution is 5.97. The van der Waals surface area contributed by atoms with Gasteiger partial charge in [0, 0.05) is 6.54 Å². The van der Waals surface area contributed by atoms with Crippen molar-refractivity contribution < 1.29 is 24.2 Å². The molecule has 33 heavy (non-hydrogen) atoms. The number of aliphatic hydroxyl groups excluding tert-OH is 1. The Hall–Kier alpha value is -3.35. The summed E-state index contributed by atoms with van der Waals surface area (Å²) in [4.78, 5) is 13.8. The number of β-amino-alcohol motifs (C(OH)–C–C–N with tert-alkyl or cyclic N) is 1. The number of carboxylic acids is 1. The first kappa shape index (κ1) is 21.5. The van der Waals surface area contributed by atoms with Crippen molar-refractivity contribution in [3.63, 3.8) is 0 Å². The minimum absolute atomic E-state index is 0.00834. The molecule has 6 nitrogen and oxygen atoms in total. The van der Waals surface area contributed by atoms with Gasteiger partial charge in [-0.2, -0.15) is 0 Å². The summed E-state index contributed by atoms with van der Waals surface area (Å²) in [7, 11) is 0. The van der Waals surface area contributed by atoms with Crippen LogP contribution in [0.3, 0.4) is 0 Å². The molecule has 2 heterocycles. The van der Waals surface area contributed by atoms with Gasteiger partial charge in [0.1, 0.15) is 18.3 Å². The topological polar surface area (TPSA) is 83.1 Å². The van der Waals surface area contributed by atoms with Crippen LogP contribution in [0.4, 0.5) is 0 Å². The first-order valence-electron chi connectivity index (χ1n) is 11.4. The van der Waals surface area contributed by atoms with Gasteiger partial charge in [0.2, 0.25) is 0 Å². The molecule has 1 unspecified atom stereocenters. The summed E-state index contributed by atoms with van der Waals surface area (Å²) in [5.41, 5.74) is 1.83. The molecule has 6 heteroatoms. The number of ether oxygens (including phenoxy) is 1. The summed E-state index contributed by atoms with van der Waals surface area (Å²) in [6, 6.07) is 22.2. The zero-order valence-corrected chi connectivity index (χ0v) is 18.3. The Bertz CT molecular complexity index is 1270. The van der Waals surface area contributed by atoms with Crippen molar-refractivity contribution in [3.8, 4) is 5.75 Å². The Morgan fingerprint density at radius 3 is 2.55 bits per heavy atom. The molecule has 4 aromatic rings. The van der Waals surface area contributed by atoms with Gasteiger partial charge in [-0.05, 0) is 60.3 Å². The van der Waals surface area contributed by atoms with E-state index in [1.807, 2.05) is 0 Å². The standard InChI is InChI=1S/C27H27NO5/c29-22(17-32-25-23-7-3-4-8-24(23)33-26(25)27(30)31)16-28-13-11-19(12-14-28)21-10-9-18-5-1-2-6-20(18)15-21/h1-10,15,19,22,29H,11-14,16-17H2,(H,30,31). The van der Waals surface area contributed by atoms with Crippen LogP contribution < -0.4 is 4.74 Å². The Balaban J connectivity index is 1.17. The molecule has 2 N–H and O–H groups in total. The summed E-state index contributed by atoms with van der Waals surface area (Å²) in [5.74, 6) is -0.729. The van der Waals surface area contributed by atoms with Gasteiger partial charge in [0.05, 0.1) is 5.39 Å². The number of likely N-dealkylation sites (tertiary alicyclic amines) is 1. The van der Waals surface area contributed by atoms with E-state index >= 15 is 0 Å². The summed E-state index contributed by atoms with van der Waals surface area (Å²) < 4.78 is 11.1. The predicted octanol–water partition coefficient (Wildman–Crippen LogP) is 4.90. The molecule has 3 aromatic carbocycles. The molecule has 1 saturated heterocycles. The zero-order valence-electron chi connectivity index (χ0n) is 18.3. The molecule has 0 bridgehead atoms. The molecule has 0 radical (unpaired) electrons. The number of nitrogens with zero attached hydrogens (tertiary/aromatic N) is 1. The lowest BCUT2D eigenvalue weighted by atomic mass is 9.88. The van der Waals surface area contributed by atoms with Gasteiger partial charge >= 0.3 is 5.97 Å². The Morgan fingerprint density at radius 2 is 1.76 bits per heavy atom. The summed E-state index contributed by atoms with van der Waals surface area (Å²) >= 11 is 0. The van der Waals surface area contributed by atoms with Gasteiger partial charge < -0.3 is 24.3 Å². The number of carbonyl (C=O) groups is 1. The lowest BCUT2D eigenvalue weighted by Gasteiger charge is -2.33. The Labute approximate surface area is 192 Å². The maximum Gasteiger partial charge on any atom is 0.375 e. The lowest BCUT2D eigenvalue weighted by Crippen LogP contribution is -2.40. The van der Waals surface area contributed by atoms with E-state index < -0.39 is 12.1 Å². The van der Waals surface area contributed by atoms with Crippen molar-refractivity contribution in [2.45, 2.75) is 24.9 Å². The fraction of sp³-hybridized carbons (Fsp3) is 0.296. The van der Waals surface area contributed by atoms with E-state index in [1.165, 1.54) is 16.3 Å². The fourth-order valence-corrected chi connectivity index (χ4v) is 4.75. The van der Waals surface area contributed by atoms with Crippen molar-refractivity contribution in [1.82, 2.24) is 4.90 Å². The number of aliphatic hydroxyl groups is 1. The minimum Gasteiger partial charge on any atom is -0.486 e. The molecule has 0 spiro atoms. The molecule has 0 aliphatic carbocycles. The first-order valence-corrected chi connectivity index (χ1v) is 11.4. The average Bonchev–Trinajstić information content (AvgIpc) is 3.22. The van der Waals surface area contributed by atoms with Crippen LogP contribution in [0.1, 0.15) is 34.9 Å². The second kappa shape index (κ2) is 9.25. The van der Waals surface area contributed by atoms with Crippen molar-refractivity contribution in [1.29, 1.82) is 0 Å². The third-order valence-electron chi connectivity index (χ3n) is 6.47. The maximum absolute atomic E-state index is 11.5. The number of rotatable bonds is 7. The van der Waals surface area contributed by atoms with Crippen molar-refractivity contribution in [2.75, 3.05) is 26.2 Å². The van der Waals surface area contributed by atoms with E-state index in [2.05, 4.69) is 47.4 Å². The molecule has 1 aromatic heterocycles. The van der Waals surface area contributed by atoms with Gasteiger partial charge in [-0.25, -0.2) is 4.79 Å². The predicted molar refractivity (Wildman–Crippen MR) is 127 cm³/mol. The van der Waals surface area contributed by atoms with Crippen LogP contribution in [-0.2, 0) is 0 Å². The largest absolute Gasteiger partial charge is 0.486 e. The van der Waals surface area contributed by atoms with Gasteiger partial charge in [0.15, 0.2) is 5.75 Å². The van der Waals surface area contributed by atoms with E-state index in [-0.39, 0.29) is 18.1 Å². The maximum atomic E-state index is 11.5. The van der Waals surface area contributed by atoms with Crippen LogP contribution in [0.25, 0.3) is 21.7 Å². The second-order valence-electron chi connectivity index (χ2n) is 8.71. The van der Waals surface area contributed by atoms with E-state index in [0.29, 0.717) is 23.4 Å². The van der Waals surface area contributed by atoms with Gasteiger partial charge in [-0.15, -0.1) is 0 Å². The quantitative estimate of drug-likeness (QED) is 0.421. The molecule has 1 aliphatic rings. The fourth-order valence-electron chi connectivity index (χ4n) is 4.75. The van der Waals surface area contributed by atoms with Crippen LogP contribution in [0, 0.1) is 0 Å². The number of carboxylic acid groups (broad SMARTS) is 1. The molecule has 1 aliphatic heterocycles. The SMILES string of the molecule is O=C(O)c1oc2ccccc2c1OCC(O)CN1CCC(c2ccc3ccccc3c2)CC1. The first-order chi connectivity index (χ1) is 16.1. The number of hydrogen-bond acceptors (Lipinski definition) is 5.